The van der Waals surface area contributed by atoms with Crippen LogP contribution in [0.3, 0.4) is 0 Å². The van der Waals surface area contributed by atoms with Crippen LogP contribution in [0.5, 0.6) is 0 Å². The molecule has 1 aromatic heterocycles. The minimum Gasteiger partial charge on any atom is -0.387 e. The molecule has 2 rings (SSSR count). The topological polar surface area (TPSA) is 59.2 Å². The molecule has 1 heterocycles. The first-order valence-electron chi connectivity index (χ1n) is 4.93. The smallest absolute Gasteiger partial charge is 0.264 e. The molecule has 1 aliphatic rings. The highest BCUT2D eigenvalue weighted by Gasteiger charge is 2.25. The Morgan fingerprint density at radius 1 is 1.47 bits per heavy atom. The van der Waals surface area contributed by atoms with Gasteiger partial charge in [-0.25, -0.2) is 8.78 Å². The first-order valence-corrected chi connectivity index (χ1v) is 4.93. The van der Waals surface area contributed by atoms with E-state index in [2.05, 4.69) is 10.1 Å². The summed E-state index contributed by atoms with van der Waals surface area (Å²) in [5, 5.41) is 12.6. The molecule has 1 atom stereocenters. The van der Waals surface area contributed by atoms with Crippen LogP contribution in [0.15, 0.2) is 4.52 Å². The maximum atomic E-state index is 12.0. The van der Waals surface area contributed by atoms with Gasteiger partial charge in [0.05, 0.1) is 6.42 Å². The molecular formula is C9H12F2N2O2. The van der Waals surface area contributed by atoms with Gasteiger partial charge in [-0.2, -0.15) is 4.98 Å². The van der Waals surface area contributed by atoms with Crippen molar-refractivity contribution in [2.75, 3.05) is 0 Å². The Bertz CT molecular complexity index is 326. The van der Waals surface area contributed by atoms with E-state index >= 15 is 0 Å². The molecule has 0 spiro atoms. The van der Waals surface area contributed by atoms with Crippen LogP contribution in [0.1, 0.15) is 24.6 Å². The number of hydrogen-bond donors (Lipinski definition) is 1. The van der Waals surface area contributed by atoms with Crippen molar-refractivity contribution in [1.82, 2.24) is 10.1 Å². The first-order chi connectivity index (χ1) is 7.15. The van der Waals surface area contributed by atoms with Gasteiger partial charge in [0.2, 0.25) is 5.89 Å². The summed E-state index contributed by atoms with van der Waals surface area (Å²) < 4.78 is 28.8. The zero-order valence-corrected chi connectivity index (χ0v) is 8.07. The van der Waals surface area contributed by atoms with Crippen molar-refractivity contribution < 1.29 is 18.4 Å². The lowest BCUT2D eigenvalue weighted by Crippen LogP contribution is -2.20. The molecule has 0 amide bonds. The van der Waals surface area contributed by atoms with Crippen LogP contribution in [0.25, 0.3) is 0 Å². The molecule has 84 valence electrons. The highest BCUT2D eigenvalue weighted by molar-refractivity contribution is 4.93. The van der Waals surface area contributed by atoms with Gasteiger partial charge >= 0.3 is 0 Å². The second kappa shape index (κ2) is 4.22. The molecule has 0 radical (unpaired) electrons. The van der Waals surface area contributed by atoms with Crippen molar-refractivity contribution >= 4 is 0 Å². The van der Waals surface area contributed by atoms with Gasteiger partial charge in [-0.3, -0.25) is 0 Å². The van der Waals surface area contributed by atoms with Crippen molar-refractivity contribution in [3.05, 3.63) is 11.7 Å². The summed E-state index contributed by atoms with van der Waals surface area (Å²) in [5.74, 6) is 1.25. The summed E-state index contributed by atoms with van der Waals surface area (Å²) in [7, 11) is 0. The summed E-state index contributed by atoms with van der Waals surface area (Å²) in [5.41, 5.74) is 0. The highest BCUT2D eigenvalue weighted by atomic mass is 19.3. The van der Waals surface area contributed by atoms with E-state index in [1.54, 1.807) is 0 Å². The van der Waals surface area contributed by atoms with Gasteiger partial charge < -0.3 is 9.63 Å². The Labute approximate surface area is 85.3 Å². The summed E-state index contributed by atoms with van der Waals surface area (Å²) in [6.07, 6.45) is -1.69. The van der Waals surface area contributed by atoms with E-state index in [1.807, 2.05) is 0 Å². The number of aliphatic hydroxyl groups excluding tert-OH is 1. The molecule has 4 nitrogen and oxygen atoms in total. The average Bonchev–Trinajstić information content (AvgIpc) is 2.87. The van der Waals surface area contributed by atoms with Crippen LogP contribution in [0.4, 0.5) is 8.78 Å². The van der Waals surface area contributed by atoms with Crippen molar-refractivity contribution in [3.8, 4) is 0 Å². The van der Waals surface area contributed by atoms with Crippen LogP contribution in [0.2, 0.25) is 0 Å². The van der Waals surface area contributed by atoms with Crippen LogP contribution >= 0.6 is 0 Å². The lowest BCUT2D eigenvalue weighted by Gasteiger charge is -2.04. The van der Waals surface area contributed by atoms with E-state index in [0.717, 1.165) is 6.42 Å². The van der Waals surface area contributed by atoms with Crippen LogP contribution in [0, 0.1) is 5.92 Å². The number of aliphatic hydroxyl groups is 1. The van der Waals surface area contributed by atoms with E-state index < -0.39 is 12.5 Å². The Balaban J connectivity index is 1.88. The zero-order valence-electron chi connectivity index (χ0n) is 8.07. The van der Waals surface area contributed by atoms with Gasteiger partial charge in [0.1, 0.15) is 6.10 Å². The summed E-state index contributed by atoms with van der Waals surface area (Å²) in [6.45, 7) is 0. The molecule has 15 heavy (non-hydrogen) atoms. The van der Waals surface area contributed by atoms with E-state index in [-0.39, 0.29) is 12.3 Å². The third-order valence-corrected chi connectivity index (χ3v) is 2.35. The normalized spacial score (nSPS) is 18.4. The monoisotopic (exact) mass is 218 g/mol. The zero-order chi connectivity index (χ0) is 10.8. The number of rotatable bonds is 5. The fraction of sp³-hybridized carbons (Fsp3) is 0.778. The third kappa shape index (κ3) is 2.95. The molecule has 1 aromatic rings. The molecule has 1 fully saturated rings. The van der Waals surface area contributed by atoms with Crippen molar-refractivity contribution in [2.24, 2.45) is 5.92 Å². The summed E-state index contributed by atoms with van der Waals surface area (Å²) >= 11 is 0. The van der Waals surface area contributed by atoms with Gasteiger partial charge in [-0.05, 0) is 18.8 Å². The van der Waals surface area contributed by atoms with Crippen molar-refractivity contribution in [3.63, 3.8) is 0 Å². The lowest BCUT2D eigenvalue weighted by molar-refractivity contribution is -0.00754. The van der Waals surface area contributed by atoms with Crippen molar-refractivity contribution in [2.45, 2.75) is 38.2 Å². The maximum absolute atomic E-state index is 12.0. The predicted octanol–water partition coefficient (Wildman–Crippen LogP) is 1.19. The standard InChI is InChI=1S/C9H12F2N2O2/c10-9(11)6(14)4-8-12-7(13-15-8)3-5-1-2-5/h5-6,9,14H,1-4H2. The molecule has 0 bridgehead atoms. The number of nitrogens with zero attached hydrogens (tertiary/aromatic N) is 2. The molecule has 1 saturated carbocycles. The molecule has 1 N–H and O–H groups in total. The largest absolute Gasteiger partial charge is 0.387 e. The van der Waals surface area contributed by atoms with Gasteiger partial charge in [-0.15, -0.1) is 0 Å². The fourth-order valence-corrected chi connectivity index (χ4v) is 1.30. The lowest BCUT2D eigenvalue weighted by atomic mass is 10.2. The second-order valence-electron chi connectivity index (χ2n) is 3.86. The van der Waals surface area contributed by atoms with E-state index in [1.165, 1.54) is 12.8 Å². The Morgan fingerprint density at radius 3 is 2.80 bits per heavy atom. The summed E-state index contributed by atoms with van der Waals surface area (Å²) in [6, 6.07) is 0. The Morgan fingerprint density at radius 2 is 2.20 bits per heavy atom. The maximum Gasteiger partial charge on any atom is 0.264 e. The number of halogens is 2. The molecular weight excluding hydrogens is 206 g/mol. The van der Waals surface area contributed by atoms with Crippen molar-refractivity contribution in [1.29, 1.82) is 0 Å². The fourth-order valence-electron chi connectivity index (χ4n) is 1.30. The van der Waals surface area contributed by atoms with Crippen LogP contribution in [-0.4, -0.2) is 27.8 Å². The van der Waals surface area contributed by atoms with E-state index in [4.69, 9.17) is 9.63 Å². The van der Waals surface area contributed by atoms with Crippen LogP contribution in [-0.2, 0) is 12.8 Å². The van der Waals surface area contributed by atoms with Gasteiger partial charge in [0.15, 0.2) is 5.82 Å². The molecule has 1 unspecified atom stereocenters. The molecule has 0 aromatic carbocycles. The van der Waals surface area contributed by atoms with Gasteiger partial charge in [0, 0.05) is 6.42 Å². The average molecular weight is 218 g/mol. The molecule has 0 saturated heterocycles. The van der Waals surface area contributed by atoms with Gasteiger partial charge in [-0.1, -0.05) is 5.16 Å². The number of hydrogen-bond acceptors (Lipinski definition) is 4. The quantitative estimate of drug-likeness (QED) is 0.806. The van der Waals surface area contributed by atoms with Crippen LogP contribution < -0.4 is 0 Å². The number of alkyl halides is 2. The third-order valence-electron chi connectivity index (χ3n) is 2.35. The predicted molar refractivity (Wildman–Crippen MR) is 46.4 cm³/mol. The highest BCUT2D eigenvalue weighted by Crippen LogP contribution is 2.31. The first kappa shape index (κ1) is 10.5. The molecule has 6 heteroatoms. The summed E-state index contributed by atoms with van der Waals surface area (Å²) in [4.78, 5) is 3.94. The van der Waals surface area contributed by atoms with E-state index in [9.17, 15) is 8.78 Å². The Hall–Kier alpha value is -1.04. The second-order valence-corrected chi connectivity index (χ2v) is 3.86. The minimum atomic E-state index is -2.77. The van der Waals surface area contributed by atoms with Gasteiger partial charge in [0.25, 0.3) is 6.43 Å². The SMILES string of the molecule is OC(Cc1nc(CC2CC2)no1)C(F)F. The minimum absolute atomic E-state index is 0.0819. The van der Waals surface area contributed by atoms with E-state index in [0.29, 0.717) is 11.7 Å². The molecule has 0 aliphatic heterocycles. The number of aromatic nitrogens is 2. The molecule has 1 aliphatic carbocycles. The Kier molecular flexibility index (Phi) is 2.95.